The van der Waals surface area contributed by atoms with Gasteiger partial charge in [-0.05, 0) is 43.4 Å². The normalized spacial score (nSPS) is 15.7. The summed E-state index contributed by atoms with van der Waals surface area (Å²) in [5.74, 6) is 1.35. The van der Waals surface area contributed by atoms with Gasteiger partial charge < -0.3 is 19.1 Å². The first-order valence-electron chi connectivity index (χ1n) is 8.23. The van der Waals surface area contributed by atoms with Gasteiger partial charge in [0.15, 0.2) is 6.61 Å². The zero-order valence-corrected chi connectivity index (χ0v) is 14.1. The van der Waals surface area contributed by atoms with Crippen LogP contribution in [0.4, 0.5) is 0 Å². The molecule has 0 bridgehead atoms. The molecule has 1 aromatic rings. The highest BCUT2D eigenvalue weighted by molar-refractivity contribution is 5.77. The maximum atomic E-state index is 12.2. The third kappa shape index (κ3) is 6.20. The number of rotatable bonds is 8. The highest BCUT2D eigenvalue weighted by Gasteiger charge is 2.23. The Bertz CT molecular complexity index is 484. The van der Waals surface area contributed by atoms with Gasteiger partial charge in [-0.2, -0.15) is 0 Å². The van der Waals surface area contributed by atoms with Crippen LogP contribution in [0.25, 0.3) is 0 Å². The molecule has 1 aromatic carbocycles. The molecule has 0 aliphatic carbocycles. The van der Waals surface area contributed by atoms with Gasteiger partial charge in [-0.25, -0.2) is 0 Å². The van der Waals surface area contributed by atoms with Crippen molar-refractivity contribution >= 4 is 5.91 Å². The molecule has 0 spiro atoms. The smallest absolute Gasteiger partial charge is 0.260 e. The first-order chi connectivity index (χ1) is 11.2. The Kier molecular flexibility index (Phi) is 7.36. The predicted molar refractivity (Wildman–Crippen MR) is 88.7 cm³/mol. The average molecular weight is 321 g/mol. The molecule has 1 heterocycles. The van der Waals surface area contributed by atoms with E-state index in [4.69, 9.17) is 14.2 Å². The number of hydrogen-bond acceptors (Lipinski definition) is 4. The Balaban J connectivity index is 1.65. The van der Waals surface area contributed by atoms with Crippen LogP contribution in [0.2, 0.25) is 0 Å². The van der Waals surface area contributed by atoms with Gasteiger partial charge in [0.05, 0.1) is 13.2 Å². The van der Waals surface area contributed by atoms with Gasteiger partial charge in [0.25, 0.3) is 5.91 Å². The number of piperidine rings is 1. The number of amides is 1. The summed E-state index contributed by atoms with van der Waals surface area (Å²) in [5.41, 5.74) is 1.13. The fourth-order valence-electron chi connectivity index (χ4n) is 2.68. The maximum absolute atomic E-state index is 12.2. The monoisotopic (exact) mass is 321 g/mol. The number of benzene rings is 1. The molecule has 0 saturated carbocycles. The van der Waals surface area contributed by atoms with Gasteiger partial charge in [0.2, 0.25) is 0 Å². The van der Waals surface area contributed by atoms with E-state index in [2.05, 4.69) is 0 Å². The van der Waals surface area contributed by atoms with Crippen molar-refractivity contribution in [1.29, 1.82) is 0 Å². The second-order valence-electron chi connectivity index (χ2n) is 6.00. The fourth-order valence-corrected chi connectivity index (χ4v) is 2.68. The zero-order valence-electron chi connectivity index (χ0n) is 14.1. The molecular weight excluding hydrogens is 294 g/mol. The molecule has 0 aromatic heterocycles. The van der Waals surface area contributed by atoms with Crippen molar-refractivity contribution in [2.75, 3.05) is 46.6 Å². The second-order valence-corrected chi connectivity index (χ2v) is 6.00. The van der Waals surface area contributed by atoms with Crippen molar-refractivity contribution in [1.82, 2.24) is 4.90 Å². The van der Waals surface area contributed by atoms with E-state index in [9.17, 15) is 4.79 Å². The van der Waals surface area contributed by atoms with Crippen molar-refractivity contribution in [2.24, 2.45) is 5.92 Å². The number of aryl methyl sites for hydroxylation is 1. The molecule has 128 valence electrons. The highest BCUT2D eigenvalue weighted by atomic mass is 16.5. The average Bonchev–Trinajstić information content (AvgIpc) is 2.57. The molecule has 1 amide bonds. The molecule has 1 aliphatic rings. The Morgan fingerprint density at radius 3 is 2.74 bits per heavy atom. The van der Waals surface area contributed by atoms with E-state index >= 15 is 0 Å². The minimum atomic E-state index is 0.0604. The van der Waals surface area contributed by atoms with Gasteiger partial charge in [0.1, 0.15) is 5.75 Å². The Morgan fingerprint density at radius 2 is 2.04 bits per heavy atom. The second kappa shape index (κ2) is 9.53. The van der Waals surface area contributed by atoms with Crippen molar-refractivity contribution in [3.63, 3.8) is 0 Å². The molecule has 0 radical (unpaired) electrons. The Hall–Kier alpha value is -1.59. The number of methoxy groups -OCH3 is 1. The predicted octanol–water partition coefficient (Wildman–Crippen LogP) is 2.28. The zero-order chi connectivity index (χ0) is 16.5. The van der Waals surface area contributed by atoms with Crippen LogP contribution < -0.4 is 4.74 Å². The summed E-state index contributed by atoms with van der Waals surface area (Å²) in [6.07, 6.45) is 1.98. The molecule has 5 heteroatoms. The molecule has 1 fully saturated rings. The minimum absolute atomic E-state index is 0.0604. The lowest BCUT2D eigenvalue weighted by atomic mass is 9.98. The van der Waals surface area contributed by atoms with E-state index in [-0.39, 0.29) is 12.5 Å². The van der Waals surface area contributed by atoms with E-state index in [1.165, 1.54) is 0 Å². The largest absolute Gasteiger partial charge is 0.484 e. The summed E-state index contributed by atoms with van der Waals surface area (Å²) >= 11 is 0. The van der Waals surface area contributed by atoms with Crippen LogP contribution in [0.1, 0.15) is 18.4 Å². The van der Waals surface area contributed by atoms with Crippen LogP contribution in [-0.4, -0.2) is 57.4 Å². The molecule has 0 unspecified atom stereocenters. The van der Waals surface area contributed by atoms with Crippen molar-refractivity contribution < 1.29 is 19.0 Å². The van der Waals surface area contributed by atoms with Gasteiger partial charge >= 0.3 is 0 Å². The third-order valence-corrected chi connectivity index (χ3v) is 4.10. The minimum Gasteiger partial charge on any atom is -0.484 e. The highest BCUT2D eigenvalue weighted by Crippen LogP contribution is 2.18. The Labute approximate surface area is 138 Å². The van der Waals surface area contributed by atoms with Crippen molar-refractivity contribution in [3.05, 3.63) is 29.8 Å². The molecular formula is C18H27NO4. The topological polar surface area (TPSA) is 48.0 Å². The number of ether oxygens (including phenoxy) is 3. The van der Waals surface area contributed by atoms with Crippen LogP contribution in [0, 0.1) is 12.8 Å². The quantitative estimate of drug-likeness (QED) is 0.689. The molecule has 5 nitrogen and oxygen atoms in total. The molecule has 1 aliphatic heterocycles. The standard InChI is InChI=1S/C18H27NO4/c1-15-4-3-5-17(12-15)23-14-18(20)19-8-6-16(7-9-19)13-22-11-10-21-2/h3-5,12,16H,6-11,13-14H2,1-2H3. The Morgan fingerprint density at radius 1 is 1.26 bits per heavy atom. The lowest BCUT2D eigenvalue weighted by molar-refractivity contribution is -0.135. The van der Waals surface area contributed by atoms with Crippen LogP contribution in [0.15, 0.2) is 24.3 Å². The fraction of sp³-hybridized carbons (Fsp3) is 0.611. The summed E-state index contributed by atoms with van der Waals surface area (Å²) < 4.78 is 16.1. The molecule has 2 rings (SSSR count). The van der Waals surface area contributed by atoms with E-state index in [1.54, 1.807) is 7.11 Å². The van der Waals surface area contributed by atoms with Gasteiger partial charge in [0, 0.05) is 26.8 Å². The number of carbonyl (C=O) groups excluding carboxylic acids is 1. The molecule has 1 saturated heterocycles. The lowest BCUT2D eigenvalue weighted by Gasteiger charge is -2.31. The molecule has 0 N–H and O–H groups in total. The van der Waals surface area contributed by atoms with Crippen LogP contribution in [0.3, 0.4) is 0 Å². The number of hydrogen-bond donors (Lipinski definition) is 0. The summed E-state index contributed by atoms with van der Waals surface area (Å²) in [5, 5.41) is 0. The maximum Gasteiger partial charge on any atom is 0.260 e. The van der Waals surface area contributed by atoms with Gasteiger partial charge in [-0.1, -0.05) is 12.1 Å². The summed E-state index contributed by atoms with van der Waals surface area (Å²) in [6.45, 7) is 5.72. The van der Waals surface area contributed by atoms with Crippen molar-refractivity contribution in [3.8, 4) is 5.75 Å². The number of nitrogens with zero attached hydrogens (tertiary/aromatic N) is 1. The van der Waals surface area contributed by atoms with E-state index < -0.39 is 0 Å². The van der Waals surface area contributed by atoms with Gasteiger partial charge in [-0.3, -0.25) is 4.79 Å². The SMILES string of the molecule is COCCOCC1CCN(C(=O)COc2cccc(C)c2)CC1. The lowest BCUT2D eigenvalue weighted by Crippen LogP contribution is -2.41. The third-order valence-electron chi connectivity index (χ3n) is 4.10. The van der Waals surface area contributed by atoms with Crippen LogP contribution in [-0.2, 0) is 14.3 Å². The van der Waals surface area contributed by atoms with Gasteiger partial charge in [-0.15, -0.1) is 0 Å². The summed E-state index contributed by atoms with van der Waals surface area (Å²) in [7, 11) is 1.67. The van der Waals surface area contributed by atoms with Crippen LogP contribution in [0.5, 0.6) is 5.75 Å². The first kappa shape index (κ1) is 17.8. The van der Waals surface area contributed by atoms with E-state index in [0.717, 1.165) is 43.9 Å². The summed E-state index contributed by atoms with van der Waals surface area (Å²) in [4.78, 5) is 14.1. The van der Waals surface area contributed by atoms with E-state index in [0.29, 0.717) is 19.1 Å². The number of likely N-dealkylation sites (tertiary alicyclic amines) is 1. The van der Waals surface area contributed by atoms with E-state index in [1.807, 2.05) is 36.1 Å². The molecule has 0 atom stereocenters. The molecule has 23 heavy (non-hydrogen) atoms. The summed E-state index contributed by atoms with van der Waals surface area (Å²) in [6, 6.07) is 7.76. The van der Waals surface area contributed by atoms with Crippen molar-refractivity contribution in [2.45, 2.75) is 19.8 Å². The van der Waals surface area contributed by atoms with Crippen LogP contribution >= 0.6 is 0 Å². The number of carbonyl (C=O) groups is 1. The first-order valence-corrected chi connectivity index (χ1v) is 8.23.